The molecule has 2 heterocycles. The highest BCUT2D eigenvalue weighted by Crippen LogP contribution is 2.19. The standard InChI is InChI=1S/C17H23N3O/c1-12(2)20-8-7-13(11-20)10-18-16-9-14-5-3-4-6-15(14)17(21)19-16/h3-6,9,12-13H,7-8,10-11H2,1-2H3,(H2,18,19,21). The number of hydrogen-bond acceptors (Lipinski definition) is 3. The van der Waals surface area contributed by atoms with Crippen LogP contribution >= 0.6 is 0 Å². The van der Waals surface area contributed by atoms with E-state index < -0.39 is 0 Å². The molecule has 4 heteroatoms. The van der Waals surface area contributed by atoms with Crippen LogP contribution in [0.5, 0.6) is 0 Å². The molecular formula is C17H23N3O. The van der Waals surface area contributed by atoms with Gasteiger partial charge in [-0.15, -0.1) is 0 Å². The molecular weight excluding hydrogens is 262 g/mol. The number of aromatic nitrogens is 1. The summed E-state index contributed by atoms with van der Waals surface area (Å²) >= 11 is 0. The minimum Gasteiger partial charge on any atom is -0.371 e. The van der Waals surface area contributed by atoms with Crippen molar-refractivity contribution >= 4 is 16.6 Å². The third-order valence-electron chi connectivity index (χ3n) is 4.38. The van der Waals surface area contributed by atoms with Gasteiger partial charge in [-0.05, 0) is 50.2 Å². The van der Waals surface area contributed by atoms with Crippen molar-refractivity contribution in [3.63, 3.8) is 0 Å². The van der Waals surface area contributed by atoms with Crippen molar-refractivity contribution in [1.82, 2.24) is 9.88 Å². The number of nitrogens with one attached hydrogen (secondary N) is 2. The van der Waals surface area contributed by atoms with E-state index in [0.29, 0.717) is 12.0 Å². The van der Waals surface area contributed by atoms with Gasteiger partial charge in [0.1, 0.15) is 5.82 Å². The van der Waals surface area contributed by atoms with Crippen molar-refractivity contribution < 1.29 is 0 Å². The SMILES string of the molecule is CC(C)N1CCC(CNc2cc3ccccc3c(=O)[nH]2)C1. The Bertz CT molecular complexity index is 677. The molecule has 1 aromatic carbocycles. The Morgan fingerprint density at radius 3 is 2.95 bits per heavy atom. The molecule has 2 N–H and O–H groups in total. The molecule has 1 unspecified atom stereocenters. The fourth-order valence-corrected chi connectivity index (χ4v) is 3.06. The number of pyridine rings is 1. The number of hydrogen-bond donors (Lipinski definition) is 2. The highest BCUT2D eigenvalue weighted by molar-refractivity contribution is 5.83. The number of likely N-dealkylation sites (tertiary alicyclic amines) is 1. The molecule has 1 atom stereocenters. The van der Waals surface area contributed by atoms with Gasteiger partial charge in [-0.1, -0.05) is 18.2 Å². The van der Waals surface area contributed by atoms with Gasteiger partial charge in [0.2, 0.25) is 0 Å². The molecule has 1 saturated heterocycles. The lowest BCUT2D eigenvalue weighted by atomic mass is 10.1. The van der Waals surface area contributed by atoms with Gasteiger partial charge in [0.25, 0.3) is 5.56 Å². The van der Waals surface area contributed by atoms with Gasteiger partial charge in [0.15, 0.2) is 0 Å². The van der Waals surface area contributed by atoms with E-state index in [4.69, 9.17) is 0 Å². The maximum Gasteiger partial charge on any atom is 0.257 e. The largest absolute Gasteiger partial charge is 0.371 e. The number of anilines is 1. The zero-order valence-electron chi connectivity index (χ0n) is 12.7. The highest BCUT2D eigenvalue weighted by Gasteiger charge is 2.23. The number of rotatable bonds is 4. The van der Waals surface area contributed by atoms with Crippen LogP contribution in [0.2, 0.25) is 0 Å². The van der Waals surface area contributed by atoms with Crippen LogP contribution in [-0.4, -0.2) is 35.6 Å². The van der Waals surface area contributed by atoms with Crippen molar-refractivity contribution in [2.45, 2.75) is 26.3 Å². The van der Waals surface area contributed by atoms with Crippen LogP contribution in [0.3, 0.4) is 0 Å². The molecule has 0 saturated carbocycles. The first kappa shape index (κ1) is 14.1. The zero-order chi connectivity index (χ0) is 14.8. The molecule has 1 aliphatic heterocycles. The second kappa shape index (κ2) is 5.90. The van der Waals surface area contributed by atoms with E-state index in [1.807, 2.05) is 30.3 Å². The Hall–Kier alpha value is -1.81. The lowest BCUT2D eigenvalue weighted by Gasteiger charge is -2.20. The maximum absolute atomic E-state index is 12.0. The molecule has 21 heavy (non-hydrogen) atoms. The highest BCUT2D eigenvalue weighted by atomic mass is 16.1. The van der Waals surface area contributed by atoms with Crippen molar-refractivity contribution in [3.8, 4) is 0 Å². The molecule has 1 fully saturated rings. The predicted molar refractivity (Wildman–Crippen MR) is 87.9 cm³/mol. The monoisotopic (exact) mass is 285 g/mol. The summed E-state index contributed by atoms with van der Waals surface area (Å²) in [5.41, 5.74) is -0.0224. The molecule has 0 aliphatic carbocycles. The fourth-order valence-electron chi connectivity index (χ4n) is 3.06. The van der Waals surface area contributed by atoms with Crippen LogP contribution in [0.1, 0.15) is 20.3 Å². The van der Waals surface area contributed by atoms with Crippen LogP contribution in [0.4, 0.5) is 5.82 Å². The quantitative estimate of drug-likeness (QED) is 0.908. The van der Waals surface area contributed by atoms with E-state index >= 15 is 0 Å². The van der Waals surface area contributed by atoms with E-state index in [2.05, 4.69) is 29.0 Å². The van der Waals surface area contributed by atoms with E-state index in [1.54, 1.807) is 0 Å². The Morgan fingerprint density at radius 2 is 2.19 bits per heavy atom. The number of fused-ring (bicyclic) bond motifs is 1. The Morgan fingerprint density at radius 1 is 1.38 bits per heavy atom. The topological polar surface area (TPSA) is 48.1 Å². The molecule has 3 rings (SSSR count). The molecule has 1 aromatic heterocycles. The summed E-state index contributed by atoms with van der Waals surface area (Å²) in [5.74, 6) is 1.48. The summed E-state index contributed by atoms with van der Waals surface area (Å²) in [5, 5.41) is 5.13. The average Bonchev–Trinajstić information content (AvgIpc) is 2.94. The number of H-pyrrole nitrogens is 1. The predicted octanol–water partition coefficient (Wildman–Crippen LogP) is 2.67. The first-order valence-electron chi connectivity index (χ1n) is 7.73. The molecule has 1 aliphatic rings. The van der Waals surface area contributed by atoms with Gasteiger partial charge in [0.05, 0.1) is 0 Å². The maximum atomic E-state index is 12.0. The summed E-state index contributed by atoms with van der Waals surface area (Å²) in [4.78, 5) is 17.5. The molecule has 0 spiro atoms. The van der Waals surface area contributed by atoms with Crippen LogP contribution < -0.4 is 10.9 Å². The lowest BCUT2D eigenvalue weighted by Crippen LogP contribution is -2.29. The van der Waals surface area contributed by atoms with Crippen LogP contribution in [-0.2, 0) is 0 Å². The van der Waals surface area contributed by atoms with E-state index in [0.717, 1.165) is 29.7 Å². The van der Waals surface area contributed by atoms with E-state index in [1.165, 1.54) is 13.0 Å². The van der Waals surface area contributed by atoms with Gasteiger partial charge in [-0.3, -0.25) is 4.79 Å². The van der Waals surface area contributed by atoms with Crippen molar-refractivity contribution in [1.29, 1.82) is 0 Å². The minimum atomic E-state index is -0.0224. The summed E-state index contributed by atoms with van der Waals surface area (Å²) in [7, 11) is 0. The molecule has 2 aromatic rings. The third kappa shape index (κ3) is 3.10. The van der Waals surface area contributed by atoms with E-state index in [9.17, 15) is 4.79 Å². The summed E-state index contributed by atoms with van der Waals surface area (Å²) in [6.07, 6.45) is 1.23. The summed E-state index contributed by atoms with van der Waals surface area (Å²) < 4.78 is 0. The van der Waals surface area contributed by atoms with Crippen LogP contribution in [0, 0.1) is 5.92 Å². The smallest absolute Gasteiger partial charge is 0.257 e. The minimum absolute atomic E-state index is 0.0224. The number of benzene rings is 1. The zero-order valence-corrected chi connectivity index (χ0v) is 12.7. The first-order valence-corrected chi connectivity index (χ1v) is 7.73. The third-order valence-corrected chi connectivity index (χ3v) is 4.38. The van der Waals surface area contributed by atoms with Crippen molar-refractivity contribution in [2.75, 3.05) is 25.0 Å². The first-order chi connectivity index (χ1) is 10.1. The summed E-state index contributed by atoms with van der Waals surface area (Å²) in [6, 6.07) is 10.3. The fraction of sp³-hybridized carbons (Fsp3) is 0.471. The van der Waals surface area contributed by atoms with Crippen molar-refractivity contribution in [3.05, 3.63) is 40.7 Å². The Kier molecular flexibility index (Phi) is 3.97. The van der Waals surface area contributed by atoms with Gasteiger partial charge >= 0.3 is 0 Å². The molecule has 0 amide bonds. The average molecular weight is 285 g/mol. The van der Waals surface area contributed by atoms with Gasteiger partial charge < -0.3 is 15.2 Å². The summed E-state index contributed by atoms with van der Waals surface area (Å²) in [6.45, 7) is 7.73. The number of nitrogens with zero attached hydrogens (tertiary/aromatic N) is 1. The molecule has 0 bridgehead atoms. The van der Waals surface area contributed by atoms with Gasteiger partial charge in [-0.25, -0.2) is 0 Å². The van der Waals surface area contributed by atoms with Crippen molar-refractivity contribution in [2.24, 2.45) is 5.92 Å². The molecule has 0 radical (unpaired) electrons. The Labute approximate surface area is 125 Å². The van der Waals surface area contributed by atoms with E-state index in [-0.39, 0.29) is 5.56 Å². The molecule has 4 nitrogen and oxygen atoms in total. The normalized spacial score (nSPS) is 19.5. The second-order valence-corrected chi connectivity index (χ2v) is 6.22. The number of aromatic amines is 1. The molecule has 112 valence electrons. The van der Waals surface area contributed by atoms with Crippen LogP contribution in [0.15, 0.2) is 35.1 Å². The lowest BCUT2D eigenvalue weighted by molar-refractivity contribution is 0.266. The second-order valence-electron chi connectivity index (χ2n) is 6.22. The Balaban J connectivity index is 1.68. The van der Waals surface area contributed by atoms with Gasteiger partial charge in [0, 0.05) is 24.5 Å². The van der Waals surface area contributed by atoms with Gasteiger partial charge in [-0.2, -0.15) is 0 Å². The van der Waals surface area contributed by atoms with Crippen LogP contribution in [0.25, 0.3) is 10.8 Å².